The van der Waals surface area contributed by atoms with E-state index in [4.69, 9.17) is 4.98 Å². The summed E-state index contributed by atoms with van der Waals surface area (Å²) < 4.78 is 2.60. The number of hydrogen-bond donors (Lipinski definition) is 0. The molecular formula is C51H100N2. The molecule has 0 amide bonds. The number of aromatic nitrogens is 2. The van der Waals surface area contributed by atoms with E-state index in [0.717, 1.165) is 0 Å². The third kappa shape index (κ3) is 32.0. The van der Waals surface area contributed by atoms with Gasteiger partial charge >= 0.3 is 0 Å². The van der Waals surface area contributed by atoms with Crippen LogP contribution in [-0.4, -0.2) is 9.55 Å². The topological polar surface area (TPSA) is 17.8 Å². The fourth-order valence-corrected chi connectivity index (χ4v) is 8.83. The Kier molecular flexibility index (Phi) is 38.7. The maximum atomic E-state index is 5.07. The second-order valence-electron chi connectivity index (χ2n) is 17.8. The van der Waals surface area contributed by atoms with Crippen molar-refractivity contribution >= 4 is 0 Å². The lowest BCUT2D eigenvalue weighted by molar-refractivity contribution is 0.412. The molecule has 1 aromatic rings. The van der Waals surface area contributed by atoms with E-state index in [1.807, 2.05) is 0 Å². The average Bonchev–Trinajstić information content (AvgIpc) is 3.66. The standard InChI is InChI=1S/C51H100N2/c1-5-8-11-14-17-20-22-24-26-28-30-33-36-39-42-45-50(46-43-40-37-34-31-29-27-25-23-21-18-15-12-9-6-2)51-52-47-48-53(51)49(4)44-41-38-35-32-19-16-13-10-7-3/h47-50H,5-46H2,1-4H3. The molecule has 0 bridgehead atoms. The maximum Gasteiger partial charge on any atom is 0.111 e. The summed E-state index contributed by atoms with van der Waals surface area (Å²) in [6, 6.07) is 0.585. The van der Waals surface area contributed by atoms with E-state index < -0.39 is 0 Å². The Morgan fingerprint density at radius 1 is 0.358 bits per heavy atom. The quantitative estimate of drug-likeness (QED) is 0.0609. The SMILES string of the molecule is CCCCCCCCCCCCCCCCCC(CCCCCCCCCCCCCCCCC)c1nccn1C(C)CCCCCCCCCCC. The van der Waals surface area contributed by atoms with Crippen LogP contribution in [0.4, 0.5) is 0 Å². The highest BCUT2D eigenvalue weighted by atomic mass is 15.1. The lowest BCUT2D eigenvalue weighted by Crippen LogP contribution is -2.13. The minimum Gasteiger partial charge on any atom is -0.332 e. The summed E-state index contributed by atoms with van der Waals surface area (Å²) in [4.78, 5) is 5.07. The van der Waals surface area contributed by atoms with Crippen LogP contribution in [0.15, 0.2) is 12.4 Å². The normalized spacial score (nSPS) is 12.4. The molecule has 0 aliphatic rings. The van der Waals surface area contributed by atoms with Gasteiger partial charge in [-0.15, -0.1) is 0 Å². The van der Waals surface area contributed by atoms with Crippen LogP contribution >= 0.6 is 0 Å². The third-order valence-electron chi connectivity index (χ3n) is 12.6. The molecule has 2 heteroatoms. The molecule has 2 nitrogen and oxygen atoms in total. The Balaban J connectivity index is 2.35. The second kappa shape index (κ2) is 40.9. The van der Waals surface area contributed by atoms with Gasteiger partial charge in [-0.25, -0.2) is 4.98 Å². The smallest absolute Gasteiger partial charge is 0.111 e. The summed E-state index contributed by atoms with van der Waals surface area (Å²) in [6.45, 7) is 9.41. The van der Waals surface area contributed by atoms with Crippen molar-refractivity contribution in [3.63, 3.8) is 0 Å². The van der Waals surface area contributed by atoms with E-state index in [0.29, 0.717) is 12.0 Å². The first-order valence-electron chi connectivity index (χ1n) is 25.3. The first-order valence-corrected chi connectivity index (χ1v) is 25.3. The Morgan fingerprint density at radius 2 is 0.604 bits per heavy atom. The molecular weight excluding hydrogens is 641 g/mol. The van der Waals surface area contributed by atoms with Crippen LogP contribution in [0.3, 0.4) is 0 Å². The highest BCUT2D eigenvalue weighted by Gasteiger charge is 2.19. The molecule has 314 valence electrons. The largest absolute Gasteiger partial charge is 0.332 e. The zero-order chi connectivity index (χ0) is 38.1. The molecule has 0 spiro atoms. The first kappa shape index (κ1) is 50.2. The minimum atomic E-state index is 0.585. The molecule has 0 aliphatic heterocycles. The van der Waals surface area contributed by atoms with Crippen molar-refractivity contribution in [3.05, 3.63) is 18.2 Å². The number of imidazole rings is 1. The van der Waals surface area contributed by atoms with Gasteiger partial charge in [-0.3, -0.25) is 0 Å². The molecule has 0 fully saturated rings. The van der Waals surface area contributed by atoms with E-state index in [-0.39, 0.29) is 0 Å². The van der Waals surface area contributed by atoms with Crippen LogP contribution in [0.2, 0.25) is 0 Å². The molecule has 1 atom stereocenters. The zero-order valence-corrected chi connectivity index (χ0v) is 37.4. The second-order valence-corrected chi connectivity index (χ2v) is 17.8. The summed E-state index contributed by atoms with van der Waals surface area (Å²) >= 11 is 0. The van der Waals surface area contributed by atoms with Crippen LogP contribution in [0.5, 0.6) is 0 Å². The van der Waals surface area contributed by atoms with Gasteiger partial charge in [0.25, 0.3) is 0 Å². The Bertz CT molecular complexity index is 779. The van der Waals surface area contributed by atoms with Gasteiger partial charge in [-0.05, 0) is 26.2 Å². The first-order chi connectivity index (χ1) is 26.2. The summed E-state index contributed by atoms with van der Waals surface area (Å²) in [6.07, 6.45) is 64.6. The van der Waals surface area contributed by atoms with Gasteiger partial charge in [0.15, 0.2) is 0 Å². The summed E-state index contributed by atoms with van der Waals surface area (Å²) in [5, 5.41) is 0. The van der Waals surface area contributed by atoms with Crippen molar-refractivity contribution in [2.24, 2.45) is 0 Å². The summed E-state index contributed by atoms with van der Waals surface area (Å²) in [7, 11) is 0. The van der Waals surface area contributed by atoms with E-state index in [9.17, 15) is 0 Å². The molecule has 53 heavy (non-hydrogen) atoms. The van der Waals surface area contributed by atoms with Gasteiger partial charge in [0.2, 0.25) is 0 Å². The highest BCUT2D eigenvalue weighted by molar-refractivity contribution is 5.02. The van der Waals surface area contributed by atoms with Crippen molar-refractivity contribution in [1.29, 1.82) is 0 Å². The van der Waals surface area contributed by atoms with Gasteiger partial charge in [0, 0.05) is 24.4 Å². The zero-order valence-electron chi connectivity index (χ0n) is 37.4. The molecule has 0 radical (unpaired) electrons. The van der Waals surface area contributed by atoms with E-state index in [1.54, 1.807) is 0 Å². The van der Waals surface area contributed by atoms with Crippen LogP contribution < -0.4 is 0 Å². The lowest BCUT2D eigenvalue weighted by atomic mass is 9.92. The van der Waals surface area contributed by atoms with Crippen molar-refractivity contribution in [1.82, 2.24) is 9.55 Å². The van der Waals surface area contributed by atoms with Crippen molar-refractivity contribution in [3.8, 4) is 0 Å². The van der Waals surface area contributed by atoms with Crippen molar-refractivity contribution < 1.29 is 0 Å². The molecule has 0 aromatic carbocycles. The van der Waals surface area contributed by atoms with E-state index >= 15 is 0 Å². The molecule has 1 unspecified atom stereocenters. The Labute approximate surface area is 336 Å². The third-order valence-corrected chi connectivity index (χ3v) is 12.6. The van der Waals surface area contributed by atoms with Crippen LogP contribution in [-0.2, 0) is 0 Å². The Morgan fingerprint density at radius 3 is 0.887 bits per heavy atom. The predicted molar refractivity (Wildman–Crippen MR) is 241 cm³/mol. The molecule has 0 N–H and O–H groups in total. The summed E-state index contributed by atoms with van der Waals surface area (Å²) in [5.74, 6) is 2.07. The molecule has 1 aromatic heterocycles. The molecule has 1 rings (SSSR count). The number of rotatable bonds is 44. The maximum absolute atomic E-state index is 5.07. The fourth-order valence-electron chi connectivity index (χ4n) is 8.83. The van der Waals surface area contributed by atoms with Gasteiger partial charge in [0.05, 0.1) is 0 Å². The monoisotopic (exact) mass is 741 g/mol. The average molecular weight is 741 g/mol. The van der Waals surface area contributed by atoms with Crippen molar-refractivity contribution in [2.75, 3.05) is 0 Å². The van der Waals surface area contributed by atoms with Gasteiger partial charge in [0.1, 0.15) is 5.82 Å². The molecule has 1 heterocycles. The van der Waals surface area contributed by atoms with Crippen LogP contribution in [0.25, 0.3) is 0 Å². The predicted octanol–water partition coefficient (Wildman–Crippen LogP) is 19.0. The van der Waals surface area contributed by atoms with Crippen LogP contribution in [0.1, 0.15) is 315 Å². The van der Waals surface area contributed by atoms with E-state index in [1.165, 1.54) is 275 Å². The highest BCUT2D eigenvalue weighted by Crippen LogP contribution is 2.31. The number of nitrogens with zero attached hydrogens (tertiary/aromatic N) is 2. The fraction of sp³-hybridized carbons (Fsp3) is 0.941. The van der Waals surface area contributed by atoms with Crippen molar-refractivity contribution in [2.45, 2.75) is 309 Å². The number of unbranched alkanes of at least 4 members (excludes halogenated alkanes) is 36. The molecule has 0 saturated heterocycles. The summed E-state index contributed by atoms with van der Waals surface area (Å²) in [5.41, 5.74) is 0. The molecule has 0 aliphatic carbocycles. The van der Waals surface area contributed by atoms with Gasteiger partial charge in [-0.2, -0.15) is 0 Å². The van der Waals surface area contributed by atoms with Gasteiger partial charge < -0.3 is 4.57 Å². The van der Waals surface area contributed by atoms with E-state index in [2.05, 4.69) is 44.7 Å². The molecule has 0 saturated carbocycles. The van der Waals surface area contributed by atoms with Gasteiger partial charge in [-0.1, -0.05) is 271 Å². The van der Waals surface area contributed by atoms with Crippen LogP contribution in [0, 0.1) is 0 Å². The number of hydrogen-bond acceptors (Lipinski definition) is 1. The lowest BCUT2D eigenvalue weighted by Gasteiger charge is -2.22. The Hall–Kier alpha value is -0.790. The minimum absolute atomic E-state index is 0.585.